The van der Waals surface area contributed by atoms with Crippen LogP contribution in [-0.4, -0.2) is 33.0 Å². The van der Waals surface area contributed by atoms with Crippen molar-refractivity contribution in [3.05, 3.63) is 40.1 Å². The Bertz CT molecular complexity index is 652. The molecule has 8 heteroatoms. The van der Waals surface area contributed by atoms with Crippen LogP contribution in [0.15, 0.2) is 23.8 Å². The normalized spacial score (nSPS) is 18.8. The minimum Gasteiger partial charge on any atom is -0.479 e. The summed E-state index contributed by atoms with van der Waals surface area (Å²) in [6.45, 7) is 0.518. The Morgan fingerprint density at radius 1 is 1.52 bits per heavy atom. The number of hydrogen-bond donors (Lipinski definition) is 4. The van der Waals surface area contributed by atoms with Gasteiger partial charge in [-0.2, -0.15) is 0 Å². The van der Waals surface area contributed by atoms with E-state index in [0.717, 1.165) is 11.4 Å². The maximum absolute atomic E-state index is 12.3. The summed E-state index contributed by atoms with van der Waals surface area (Å²) in [5.41, 5.74) is 1.81. The molecule has 0 saturated heterocycles. The minimum atomic E-state index is -1.07. The second-order valence-corrected chi connectivity index (χ2v) is 5.74. The number of nitrogens with zero attached hydrogens (tertiary/aromatic N) is 1. The fourth-order valence-electron chi connectivity index (χ4n) is 2.31. The van der Waals surface area contributed by atoms with Gasteiger partial charge in [-0.05, 0) is 11.4 Å². The summed E-state index contributed by atoms with van der Waals surface area (Å²) in [5, 5.41) is 16.7. The molecule has 0 aliphatic carbocycles. The first-order chi connectivity index (χ1) is 10.1. The number of imidazole rings is 1. The Balaban J connectivity index is 1.70. The molecule has 110 valence electrons. The lowest BCUT2D eigenvalue weighted by atomic mass is 10.0. The van der Waals surface area contributed by atoms with Crippen LogP contribution in [0.4, 0.5) is 0 Å². The van der Waals surface area contributed by atoms with Gasteiger partial charge in [-0.15, -0.1) is 11.3 Å². The van der Waals surface area contributed by atoms with Gasteiger partial charge in [0.05, 0.1) is 23.8 Å². The number of carboxylic acids is 1. The molecule has 2 unspecified atom stereocenters. The van der Waals surface area contributed by atoms with Gasteiger partial charge in [0.1, 0.15) is 0 Å². The molecule has 0 spiro atoms. The number of nitrogens with one attached hydrogen (secondary N) is 3. The van der Waals surface area contributed by atoms with Crippen LogP contribution in [0.5, 0.6) is 0 Å². The molecule has 0 fully saturated rings. The largest absolute Gasteiger partial charge is 0.479 e. The minimum absolute atomic E-state index is 0.329. The van der Waals surface area contributed by atoms with E-state index in [0.29, 0.717) is 17.8 Å². The van der Waals surface area contributed by atoms with Crippen LogP contribution in [0.25, 0.3) is 0 Å². The van der Waals surface area contributed by atoms with E-state index >= 15 is 0 Å². The number of aromatic amines is 1. The van der Waals surface area contributed by atoms with Gasteiger partial charge >= 0.3 is 5.97 Å². The molecule has 1 aliphatic heterocycles. The lowest BCUT2D eigenvalue weighted by Crippen LogP contribution is -2.49. The Morgan fingerprint density at radius 3 is 3.10 bits per heavy atom. The van der Waals surface area contributed by atoms with Gasteiger partial charge in [-0.25, -0.2) is 9.78 Å². The molecule has 4 N–H and O–H groups in total. The zero-order chi connectivity index (χ0) is 14.8. The maximum Gasteiger partial charge on any atom is 0.331 e. The number of fused-ring (bicyclic) bond motifs is 1. The van der Waals surface area contributed by atoms with Gasteiger partial charge in [-0.1, -0.05) is 6.07 Å². The first-order valence-electron chi connectivity index (χ1n) is 6.46. The fraction of sp³-hybridized carbons (Fsp3) is 0.308. The van der Waals surface area contributed by atoms with Crippen molar-refractivity contribution in [1.82, 2.24) is 20.6 Å². The van der Waals surface area contributed by atoms with E-state index in [1.165, 1.54) is 11.3 Å². The first kappa shape index (κ1) is 13.8. The average Bonchev–Trinajstić information content (AvgIpc) is 3.14. The van der Waals surface area contributed by atoms with Crippen molar-refractivity contribution in [2.24, 2.45) is 0 Å². The van der Waals surface area contributed by atoms with Crippen molar-refractivity contribution in [1.29, 1.82) is 0 Å². The molecule has 7 nitrogen and oxygen atoms in total. The second-order valence-electron chi connectivity index (χ2n) is 4.76. The highest BCUT2D eigenvalue weighted by molar-refractivity contribution is 7.10. The Morgan fingerprint density at radius 2 is 2.38 bits per heavy atom. The topological polar surface area (TPSA) is 107 Å². The zero-order valence-corrected chi connectivity index (χ0v) is 11.8. The van der Waals surface area contributed by atoms with Crippen molar-refractivity contribution < 1.29 is 14.7 Å². The standard InChI is InChI=1S/C13H14N4O3S/c18-12(8-4-7-9(5-14-8)16-6-15-7)17-11(13(19)20)10-2-1-3-21-10/h1-3,6,8,11,14H,4-5H2,(H,15,16)(H,17,18)(H,19,20). The van der Waals surface area contributed by atoms with Crippen LogP contribution >= 0.6 is 11.3 Å². The van der Waals surface area contributed by atoms with E-state index < -0.39 is 18.1 Å². The van der Waals surface area contributed by atoms with Crippen LogP contribution in [0, 0.1) is 0 Å². The Kier molecular flexibility index (Phi) is 3.72. The highest BCUT2D eigenvalue weighted by Gasteiger charge is 2.30. The van der Waals surface area contributed by atoms with E-state index in [2.05, 4.69) is 20.6 Å². The predicted octanol–water partition coefficient (Wildman–Crippen LogP) is 0.428. The Hall–Kier alpha value is -2.19. The summed E-state index contributed by atoms with van der Waals surface area (Å²) in [4.78, 5) is 31.4. The third-order valence-electron chi connectivity index (χ3n) is 3.41. The quantitative estimate of drug-likeness (QED) is 0.655. The van der Waals surface area contributed by atoms with Crippen molar-refractivity contribution in [2.45, 2.75) is 25.0 Å². The summed E-state index contributed by atoms with van der Waals surface area (Å²) in [5.74, 6) is -1.40. The smallest absolute Gasteiger partial charge is 0.331 e. The highest BCUT2D eigenvalue weighted by Crippen LogP contribution is 2.20. The molecular weight excluding hydrogens is 292 g/mol. The average molecular weight is 306 g/mol. The molecule has 0 radical (unpaired) electrons. The van der Waals surface area contributed by atoms with Crippen LogP contribution in [0.2, 0.25) is 0 Å². The number of thiophene rings is 1. The second kappa shape index (κ2) is 5.66. The molecule has 1 amide bonds. The number of H-pyrrole nitrogens is 1. The van der Waals surface area contributed by atoms with Crippen molar-refractivity contribution in [3.63, 3.8) is 0 Å². The molecule has 1 aliphatic rings. The molecule has 2 atom stereocenters. The summed E-state index contributed by atoms with van der Waals surface area (Å²) in [6.07, 6.45) is 2.04. The summed E-state index contributed by atoms with van der Waals surface area (Å²) in [6, 6.07) is 1.98. The van der Waals surface area contributed by atoms with Crippen LogP contribution in [0.1, 0.15) is 22.3 Å². The number of amides is 1. The van der Waals surface area contributed by atoms with Crippen molar-refractivity contribution >= 4 is 23.2 Å². The lowest BCUT2D eigenvalue weighted by molar-refractivity contribution is -0.142. The number of aromatic nitrogens is 2. The van der Waals surface area contributed by atoms with Crippen LogP contribution in [0.3, 0.4) is 0 Å². The SMILES string of the molecule is O=C(NC(C(=O)O)c1cccs1)C1Cc2nc[nH]c2CN1. The molecule has 0 aromatic carbocycles. The monoisotopic (exact) mass is 306 g/mol. The molecule has 0 saturated carbocycles. The molecular formula is C13H14N4O3S. The molecule has 3 heterocycles. The number of hydrogen-bond acceptors (Lipinski definition) is 5. The summed E-state index contributed by atoms with van der Waals surface area (Å²) in [7, 11) is 0. The highest BCUT2D eigenvalue weighted by atomic mass is 32.1. The van der Waals surface area contributed by atoms with Crippen LogP contribution < -0.4 is 10.6 Å². The summed E-state index contributed by atoms with van der Waals surface area (Å²) >= 11 is 1.30. The number of carboxylic acid groups (broad SMARTS) is 1. The van der Waals surface area contributed by atoms with E-state index in [-0.39, 0.29) is 5.91 Å². The molecule has 21 heavy (non-hydrogen) atoms. The molecule has 2 aromatic rings. The van der Waals surface area contributed by atoms with Gasteiger partial charge in [0.2, 0.25) is 5.91 Å². The third-order valence-corrected chi connectivity index (χ3v) is 4.35. The van der Waals surface area contributed by atoms with E-state index in [1.807, 2.05) is 0 Å². The maximum atomic E-state index is 12.3. The van der Waals surface area contributed by atoms with E-state index in [1.54, 1.807) is 23.8 Å². The van der Waals surface area contributed by atoms with E-state index in [4.69, 9.17) is 0 Å². The fourth-order valence-corrected chi connectivity index (χ4v) is 3.07. The number of aliphatic carboxylic acids is 1. The number of carbonyl (C=O) groups is 2. The van der Waals surface area contributed by atoms with Crippen molar-refractivity contribution in [3.8, 4) is 0 Å². The zero-order valence-electron chi connectivity index (χ0n) is 11.0. The Labute approximate surface area is 124 Å². The lowest BCUT2D eigenvalue weighted by Gasteiger charge is -2.24. The van der Waals surface area contributed by atoms with Gasteiger partial charge < -0.3 is 15.4 Å². The third kappa shape index (κ3) is 2.81. The molecule has 0 bridgehead atoms. The van der Waals surface area contributed by atoms with Gasteiger partial charge in [-0.3, -0.25) is 10.1 Å². The van der Waals surface area contributed by atoms with Crippen molar-refractivity contribution in [2.75, 3.05) is 0 Å². The van der Waals surface area contributed by atoms with Gasteiger partial charge in [0.25, 0.3) is 0 Å². The van der Waals surface area contributed by atoms with Crippen LogP contribution in [-0.2, 0) is 22.6 Å². The number of rotatable bonds is 4. The number of carbonyl (C=O) groups excluding carboxylic acids is 1. The molecule has 3 rings (SSSR count). The predicted molar refractivity (Wildman–Crippen MR) is 75.8 cm³/mol. The first-order valence-corrected chi connectivity index (χ1v) is 7.34. The molecule has 2 aromatic heterocycles. The van der Waals surface area contributed by atoms with E-state index in [9.17, 15) is 14.7 Å². The van der Waals surface area contributed by atoms with Gasteiger partial charge in [0.15, 0.2) is 6.04 Å². The summed E-state index contributed by atoms with van der Waals surface area (Å²) < 4.78 is 0. The van der Waals surface area contributed by atoms with Gasteiger partial charge in [0, 0.05) is 17.8 Å².